The van der Waals surface area contributed by atoms with E-state index in [-0.39, 0.29) is 0 Å². The smallest absolute Gasteiger partial charge is 0.114 e. The van der Waals surface area contributed by atoms with Gasteiger partial charge in [-0.1, -0.05) is 24.6 Å². The van der Waals surface area contributed by atoms with Crippen molar-refractivity contribution >= 4 is 5.71 Å². The minimum absolute atomic E-state index is 0.676. The molecule has 21 heavy (non-hydrogen) atoms. The SMILES string of the molecule is CCCN(CCC)[C@H]1CCC2=C(CCC/C2=N\OCC)C1. The van der Waals surface area contributed by atoms with Gasteiger partial charge in [0, 0.05) is 6.04 Å². The molecule has 0 saturated carbocycles. The second kappa shape index (κ2) is 8.57. The third kappa shape index (κ3) is 4.32. The summed E-state index contributed by atoms with van der Waals surface area (Å²) in [5, 5.41) is 4.37. The summed E-state index contributed by atoms with van der Waals surface area (Å²) in [6.45, 7) is 9.78. The molecule has 3 nitrogen and oxygen atoms in total. The minimum atomic E-state index is 0.676. The molecule has 0 spiro atoms. The van der Waals surface area contributed by atoms with Crippen molar-refractivity contribution in [3.63, 3.8) is 0 Å². The molecule has 2 aliphatic carbocycles. The van der Waals surface area contributed by atoms with Gasteiger partial charge in [-0.3, -0.25) is 0 Å². The first-order valence-electron chi connectivity index (χ1n) is 8.94. The fraction of sp³-hybridized carbons (Fsp3) is 0.833. The number of hydrogen-bond acceptors (Lipinski definition) is 3. The van der Waals surface area contributed by atoms with E-state index in [0.717, 1.165) is 12.5 Å². The Hall–Kier alpha value is -0.830. The van der Waals surface area contributed by atoms with E-state index in [0.29, 0.717) is 6.61 Å². The molecule has 0 saturated heterocycles. The molecule has 0 N–H and O–H groups in total. The highest BCUT2D eigenvalue weighted by Crippen LogP contribution is 2.36. The summed E-state index contributed by atoms with van der Waals surface area (Å²) in [5.41, 5.74) is 4.46. The van der Waals surface area contributed by atoms with Gasteiger partial charge in [-0.25, -0.2) is 0 Å². The normalized spacial score (nSPS) is 24.6. The van der Waals surface area contributed by atoms with Gasteiger partial charge < -0.3 is 9.74 Å². The van der Waals surface area contributed by atoms with Crippen LogP contribution in [0.5, 0.6) is 0 Å². The number of hydrogen-bond donors (Lipinski definition) is 0. The maximum atomic E-state index is 5.32. The van der Waals surface area contributed by atoms with Crippen molar-refractivity contribution in [3.05, 3.63) is 11.1 Å². The zero-order valence-corrected chi connectivity index (χ0v) is 14.2. The third-order valence-electron chi connectivity index (χ3n) is 4.72. The van der Waals surface area contributed by atoms with Crippen molar-refractivity contribution in [3.8, 4) is 0 Å². The van der Waals surface area contributed by atoms with Crippen molar-refractivity contribution in [2.24, 2.45) is 5.16 Å². The molecule has 0 fully saturated rings. The summed E-state index contributed by atoms with van der Waals surface area (Å²) in [6, 6.07) is 0.759. The van der Waals surface area contributed by atoms with Crippen LogP contribution in [0, 0.1) is 0 Å². The Morgan fingerprint density at radius 1 is 1.10 bits per heavy atom. The lowest BCUT2D eigenvalue weighted by molar-refractivity contribution is 0.157. The first kappa shape index (κ1) is 16.5. The number of rotatable bonds is 7. The molecule has 120 valence electrons. The van der Waals surface area contributed by atoms with Gasteiger partial charge in [0.15, 0.2) is 0 Å². The van der Waals surface area contributed by atoms with E-state index < -0.39 is 0 Å². The fourth-order valence-electron chi connectivity index (χ4n) is 3.83. The first-order valence-corrected chi connectivity index (χ1v) is 8.94. The second-order valence-corrected chi connectivity index (χ2v) is 6.32. The summed E-state index contributed by atoms with van der Waals surface area (Å²) in [5.74, 6) is 0. The van der Waals surface area contributed by atoms with Crippen molar-refractivity contribution in [2.75, 3.05) is 19.7 Å². The minimum Gasteiger partial charge on any atom is -0.396 e. The molecule has 0 aromatic rings. The highest BCUT2D eigenvalue weighted by Gasteiger charge is 2.29. The average molecular weight is 292 g/mol. The molecule has 2 aliphatic rings. The zero-order valence-electron chi connectivity index (χ0n) is 14.2. The largest absolute Gasteiger partial charge is 0.396 e. The first-order chi connectivity index (χ1) is 10.3. The molecule has 1 atom stereocenters. The van der Waals surface area contributed by atoms with Gasteiger partial charge >= 0.3 is 0 Å². The maximum absolute atomic E-state index is 5.32. The molecule has 0 heterocycles. The topological polar surface area (TPSA) is 24.8 Å². The standard InChI is InChI=1S/C18H32N2O/c1-4-12-20(13-5-2)16-10-11-17-15(14-16)8-7-9-18(17)19-21-6-3/h16H,4-14H2,1-3H3/b19-18+/t16-/m0/s1. The van der Waals surface area contributed by atoms with Gasteiger partial charge in [0.25, 0.3) is 0 Å². The van der Waals surface area contributed by atoms with Crippen LogP contribution in [0.15, 0.2) is 16.3 Å². The van der Waals surface area contributed by atoms with Crippen molar-refractivity contribution in [2.45, 2.75) is 78.2 Å². The lowest BCUT2D eigenvalue weighted by Gasteiger charge is -2.37. The Morgan fingerprint density at radius 2 is 1.86 bits per heavy atom. The summed E-state index contributed by atoms with van der Waals surface area (Å²) in [4.78, 5) is 8.04. The van der Waals surface area contributed by atoms with Crippen LogP contribution < -0.4 is 0 Å². The molecular formula is C18H32N2O. The number of oxime groups is 1. The van der Waals surface area contributed by atoms with Crippen molar-refractivity contribution < 1.29 is 4.84 Å². The van der Waals surface area contributed by atoms with Crippen LogP contribution >= 0.6 is 0 Å². The molecule has 0 bridgehead atoms. The zero-order chi connectivity index (χ0) is 15.1. The van der Waals surface area contributed by atoms with Gasteiger partial charge in [-0.2, -0.15) is 0 Å². The Balaban J connectivity index is 2.07. The molecular weight excluding hydrogens is 260 g/mol. The molecule has 3 heteroatoms. The van der Waals surface area contributed by atoms with E-state index in [2.05, 4.69) is 23.9 Å². The highest BCUT2D eigenvalue weighted by atomic mass is 16.6. The van der Waals surface area contributed by atoms with E-state index in [4.69, 9.17) is 4.84 Å². The van der Waals surface area contributed by atoms with Crippen LogP contribution in [0.3, 0.4) is 0 Å². The fourth-order valence-corrected chi connectivity index (χ4v) is 3.83. The lowest BCUT2D eigenvalue weighted by atomic mass is 9.78. The monoisotopic (exact) mass is 292 g/mol. The molecule has 0 radical (unpaired) electrons. The average Bonchev–Trinajstić information content (AvgIpc) is 2.52. The van der Waals surface area contributed by atoms with Crippen molar-refractivity contribution in [1.82, 2.24) is 4.90 Å². The van der Waals surface area contributed by atoms with E-state index >= 15 is 0 Å². The Bertz CT molecular complexity index is 381. The Labute approximate surface area is 130 Å². The quantitative estimate of drug-likeness (QED) is 0.644. The van der Waals surface area contributed by atoms with Gasteiger partial charge in [0.2, 0.25) is 0 Å². The van der Waals surface area contributed by atoms with Crippen LogP contribution in [0.25, 0.3) is 0 Å². The predicted octanol–water partition coefficient (Wildman–Crippen LogP) is 4.53. The van der Waals surface area contributed by atoms with Crippen molar-refractivity contribution in [1.29, 1.82) is 0 Å². The third-order valence-corrected chi connectivity index (χ3v) is 4.72. The summed E-state index contributed by atoms with van der Waals surface area (Å²) >= 11 is 0. The maximum Gasteiger partial charge on any atom is 0.114 e. The van der Waals surface area contributed by atoms with Gasteiger partial charge in [0.05, 0.1) is 5.71 Å². The summed E-state index contributed by atoms with van der Waals surface area (Å²) < 4.78 is 0. The number of allylic oxidation sites excluding steroid dienone is 1. The van der Waals surface area contributed by atoms with Crippen LogP contribution in [0.4, 0.5) is 0 Å². The van der Waals surface area contributed by atoms with E-state index in [9.17, 15) is 0 Å². The van der Waals surface area contributed by atoms with Crippen LogP contribution in [0.2, 0.25) is 0 Å². The van der Waals surface area contributed by atoms with Crippen LogP contribution in [-0.4, -0.2) is 36.3 Å². The van der Waals surface area contributed by atoms with Crippen LogP contribution in [0.1, 0.15) is 72.1 Å². The second-order valence-electron chi connectivity index (χ2n) is 6.32. The molecule has 0 aromatic carbocycles. The van der Waals surface area contributed by atoms with E-state index in [1.807, 2.05) is 6.92 Å². The highest BCUT2D eigenvalue weighted by molar-refractivity contribution is 6.01. The molecule has 2 rings (SSSR count). The molecule has 0 amide bonds. The Morgan fingerprint density at radius 3 is 2.52 bits per heavy atom. The Kier molecular flexibility index (Phi) is 6.75. The lowest BCUT2D eigenvalue weighted by Crippen LogP contribution is -2.39. The summed E-state index contributed by atoms with van der Waals surface area (Å²) in [7, 11) is 0. The molecule has 0 unspecified atom stereocenters. The number of nitrogens with zero attached hydrogens (tertiary/aromatic N) is 2. The molecule has 0 aliphatic heterocycles. The molecule has 0 aromatic heterocycles. The van der Waals surface area contributed by atoms with Gasteiger partial charge in [-0.05, 0) is 77.0 Å². The summed E-state index contributed by atoms with van der Waals surface area (Å²) in [6.07, 6.45) is 9.93. The van der Waals surface area contributed by atoms with E-state index in [1.54, 1.807) is 11.1 Å². The van der Waals surface area contributed by atoms with Gasteiger partial charge in [-0.15, -0.1) is 0 Å². The van der Waals surface area contributed by atoms with Gasteiger partial charge in [0.1, 0.15) is 6.61 Å². The predicted molar refractivity (Wildman–Crippen MR) is 89.7 cm³/mol. The van der Waals surface area contributed by atoms with Crippen LogP contribution in [-0.2, 0) is 4.84 Å². The van der Waals surface area contributed by atoms with E-state index in [1.165, 1.54) is 63.7 Å².